The van der Waals surface area contributed by atoms with Crippen LogP contribution in [0.4, 0.5) is 11.4 Å². The molecule has 0 spiro atoms. The molecule has 0 aliphatic rings. The van der Waals surface area contributed by atoms with Gasteiger partial charge in [0.25, 0.3) is 0 Å². The average Bonchev–Trinajstić information content (AvgIpc) is 2.64. The highest BCUT2D eigenvalue weighted by molar-refractivity contribution is 8.00. The van der Waals surface area contributed by atoms with Crippen molar-refractivity contribution in [2.75, 3.05) is 10.6 Å². The van der Waals surface area contributed by atoms with E-state index in [2.05, 4.69) is 10.6 Å². The zero-order valence-electron chi connectivity index (χ0n) is 15.7. The summed E-state index contributed by atoms with van der Waals surface area (Å²) >= 11 is 1.44. The molecule has 0 aliphatic heterocycles. The first-order chi connectivity index (χ1) is 12.9. The van der Waals surface area contributed by atoms with Crippen molar-refractivity contribution in [1.82, 2.24) is 0 Å². The molecule has 2 aromatic carbocycles. The zero-order chi connectivity index (χ0) is 19.8. The van der Waals surface area contributed by atoms with Crippen molar-refractivity contribution in [3.63, 3.8) is 0 Å². The normalized spacial score (nSPS) is 11.5. The van der Waals surface area contributed by atoms with Gasteiger partial charge >= 0.3 is 0 Å². The molecule has 0 fully saturated rings. The number of amides is 2. The summed E-state index contributed by atoms with van der Waals surface area (Å²) < 4.78 is 0. The van der Waals surface area contributed by atoms with E-state index in [0.29, 0.717) is 17.7 Å². The first kappa shape index (κ1) is 20.7. The van der Waals surface area contributed by atoms with Gasteiger partial charge in [0.15, 0.2) is 5.78 Å². The number of anilines is 2. The highest BCUT2D eigenvalue weighted by Crippen LogP contribution is 2.25. The van der Waals surface area contributed by atoms with Crippen molar-refractivity contribution in [2.24, 2.45) is 0 Å². The zero-order valence-corrected chi connectivity index (χ0v) is 16.6. The third-order valence-corrected chi connectivity index (χ3v) is 4.97. The molecule has 0 aliphatic carbocycles. The molecule has 2 amide bonds. The van der Waals surface area contributed by atoms with Crippen LogP contribution >= 0.6 is 11.8 Å². The van der Waals surface area contributed by atoms with Gasteiger partial charge in [0.05, 0.1) is 5.25 Å². The molecule has 142 valence electrons. The Hall–Kier alpha value is -2.60. The summed E-state index contributed by atoms with van der Waals surface area (Å²) in [6.45, 7) is 5.30. The van der Waals surface area contributed by atoms with Crippen molar-refractivity contribution in [1.29, 1.82) is 0 Å². The fourth-order valence-electron chi connectivity index (χ4n) is 2.36. The van der Waals surface area contributed by atoms with Crippen LogP contribution in [0.1, 0.15) is 44.0 Å². The first-order valence-corrected chi connectivity index (χ1v) is 9.75. The maximum Gasteiger partial charge on any atom is 0.237 e. The Balaban J connectivity index is 1.89. The number of benzene rings is 2. The average molecular weight is 385 g/mol. The number of thioether (sulfide) groups is 1. The Labute approximate surface area is 163 Å². The maximum absolute atomic E-state index is 12.4. The van der Waals surface area contributed by atoms with Gasteiger partial charge in [-0.1, -0.05) is 6.92 Å². The van der Waals surface area contributed by atoms with E-state index in [1.54, 1.807) is 24.3 Å². The summed E-state index contributed by atoms with van der Waals surface area (Å²) in [6, 6.07) is 14.3. The van der Waals surface area contributed by atoms with Crippen LogP contribution in [0.15, 0.2) is 53.4 Å². The summed E-state index contributed by atoms with van der Waals surface area (Å²) in [5, 5.41) is 5.40. The quantitative estimate of drug-likeness (QED) is 0.509. The van der Waals surface area contributed by atoms with Gasteiger partial charge in [-0.15, -0.1) is 11.8 Å². The van der Waals surface area contributed by atoms with E-state index < -0.39 is 0 Å². The molecule has 0 bridgehead atoms. The van der Waals surface area contributed by atoms with Gasteiger partial charge in [-0.2, -0.15) is 0 Å². The molecular formula is C21H24N2O3S. The van der Waals surface area contributed by atoms with Crippen molar-refractivity contribution < 1.29 is 14.4 Å². The van der Waals surface area contributed by atoms with Crippen LogP contribution in [0, 0.1) is 0 Å². The minimum atomic E-state index is -0.294. The Morgan fingerprint density at radius 2 is 1.48 bits per heavy atom. The second kappa shape index (κ2) is 9.92. The van der Waals surface area contributed by atoms with Crippen LogP contribution in [-0.2, 0) is 9.59 Å². The minimum absolute atomic E-state index is 0.00133. The minimum Gasteiger partial charge on any atom is -0.326 e. The molecule has 1 unspecified atom stereocenters. The van der Waals surface area contributed by atoms with Crippen LogP contribution in [0.5, 0.6) is 0 Å². The Kier molecular flexibility index (Phi) is 7.61. The van der Waals surface area contributed by atoms with Gasteiger partial charge in [0, 0.05) is 28.3 Å². The Morgan fingerprint density at radius 1 is 0.926 bits per heavy atom. The van der Waals surface area contributed by atoms with Gasteiger partial charge in [0.2, 0.25) is 11.8 Å². The van der Waals surface area contributed by atoms with Gasteiger partial charge in [-0.25, -0.2) is 0 Å². The molecule has 0 aromatic heterocycles. The lowest BCUT2D eigenvalue weighted by Gasteiger charge is -2.13. The molecular weight excluding hydrogens is 360 g/mol. The predicted octanol–water partition coefficient (Wildman–Crippen LogP) is 4.75. The summed E-state index contributed by atoms with van der Waals surface area (Å²) in [7, 11) is 0. The van der Waals surface area contributed by atoms with Crippen molar-refractivity contribution in [2.45, 2.75) is 43.8 Å². The van der Waals surface area contributed by atoms with Gasteiger partial charge in [-0.3, -0.25) is 14.4 Å². The number of rotatable bonds is 8. The molecule has 5 nitrogen and oxygen atoms in total. The number of carbonyl (C=O) groups is 3. The Bertz CT molecular complexity index is 801. The van der Waals surface area contributed by atoms with Crippen LogP contribution < -0.4 is 10.6 Å². The SMILES string of the molecule is CCCC(=O)Nc1ccc(SC(C)C(=O)Nc2ccc(C(C)=O)cc2)cc1. The predicted molar refractivity (Wildman–Crippen MR) is 110 cm³/mol. The molecule has 0 saturated carbocycles. The lowest BCUT2D eigenvalue weighted by molar-refractivity contribution is -0.116. The molecule has 27 heavy (non-hydrogen) atoms. The molecule has 2 rings (SSSR count). The summed E-state index contributed by atoms with van der Waals surface area (Å²) in [4.78, 5) is 36.2. The molecule has 2 N–H and O–H groups in total. The van der Waals surface area contributed by atoms with E-state index in [0.717, 1.165) is 17.0 Å². The molecule has 6 heteroatoms. The monoisotopic (exact) mass is 384 g/mol. The van der Waals surface area contributed by atoms with E-state index in [-0.39, 0.29) is 22.8 Å². The van der Waals surface area contributed by atoms with Gasteiger partial charge < -0.3 is 10.6 Å². The third-order valence-electron chi connectivity index (χ3n) is 3.86. The second-order valence-electron chi connectivity index (χ2n) is 6.21. The second-order valence-corrected chi connectivity index (χ2v) is 7.62. The highest BCUT2D eigenvalue weighted by Gasteiger charge is 2.15. The maximum atomic E-state index is 12.4. The molecule has 2 aromatic rings. The number of hydrogen-bond donors (Lipinski definition) is 2. The summed E-state index contributed by atoms with van der Waals surface area (Å²) in [6.07, 6.45) is 1.31. The van der Waals surface area contributed by atoms with Crippen LogP contribution in [0.2, 0.25) is 0 Å². The summed E-state index contributed by atoms with van der Waals surface area (Å²) in [5.41, 5.74) is 2.02. The van der Waals surface area contributed by atoms with Crippen molar-refractivity contribution in [3.05, 3.63) is 54.1 Å². The van der Waals surface area contributed by atoms with E-state index in [4.69, 9.17) is 0 Å². The number of nitrogens with one attached hydrogen (secondary N) is 2. The largest absolute Gasteiger partial charge is 0.326 e. The number of Topliss-reactive ketones (excluding diaryl/α,β-unsaturated/α-hetero) is 1. The Morgan fingerprint density at radius 3 is 2.04 bits per heavy atom. The highest BCUT2D eigenvalue weighted by atomic mass is 32.2. The molecule has 1 atom stereocenters. The number of hydrogen-bond acceptors (Lipinski definition) is 4. The number of ketones is 1. The first-order valence-electron chi connectivity index (χ1n) is 8.87. The summed E-state index contributed by atoms with van der Waals surface area (Å²) in [5.74, 6) is -0.122. The lowest BCUT2D eigenvalue weighted by atomic mass is 10.1. The van der Waals surface area contributed by atoms with Crippen LogP contribution in [0.3, 0.4) is 0 Å². The molecule has 0 saturated heterocycles. The van der Waals surface area contributed by atoms with Crippen molar-refractivity contribution >= 4 is 40.7 Å². The third kappa shape index (κ3) is 6.57. The lowest BCUT2D eigenvalue weighted by Crippen LogP contribution is -2.22. The van der Waals surface area contributed by atoms with E-state index in [1.807, 2.05) is 38.1 Å². The fourth-order valence-corrected chi connectivity index (χ4v) is 3.22. The standard InChI is InChI=1S/C21H24N2O3S/c1-4-5-20(25)22-17-10-12-19(13-11-17)27-15(3)21(26)23-18-8-6-16(7-9-18)14(2)24/h6-13,15H,4-5H2,1-3H3,(H,22,25)(H,23,26). The molecule has 0 heterocycles. The molecule has 0 radical (unpaired) electrons. The van der Waals surface area contributed by atoms with Crippen molar-refractivity contribution in [3.8, 4) is 0 Å². The van der Waals surface area contributed by atoms with E-state index in [1.165, 1.54) is 18.7 Å². The van der Waals surface area contributed by atoms with E-state index >= 15 is 0 Å². The smallest absolute Gasteiger partial charge is 0.237 e. The van der Waals surface area contributed by atoms with Crippen LogP contribution in [-0.4, -0.2) is 22.8 Å². The van der Waals surface area contributed by atoms with E-state index in [9.17, 15) is 14.4 Å². The van der Waals surface area contributed by atoms with Gasteiger partial charge in [0.1, 0.15) is 0 Å². The van der Waals surface area contributed by atoms with Gasteiger partial charge in [-0.05, 0) is 68.8 Å². The topological polar surface area (TPSA) is 75.3 Å². The number of carbonyl (C=O) groups excluding carboxylic acids is 3. The fraction of sp³-hybridized carbons (Fsp3) is 0.286. The van der Waals surface area contributed by atoms with Crippen LogP contribution in [0.25, 0.3) is 0 Å².